The van der Waals surface area contributed by atoms with Crippen LogP contribution in [0.4, 0.5) is 5.69 Å². The van der Waals surface area contributed by atoms with Gasteiger partial charge < -0.3 is 9.47 Å². The molecule has 0 amide bonds. The van der Waals surface area contributed by atoms with Gasteiger partial charge in [-0.25, -0.2) is 8.42 Å². The van der Waals surface area contributed by atoms with Crippen molar-refractivity contribution in [1.82, 2.24) is 0 Å². The van der Waals surface area contributed by atoms with Gasteiger partial charge in [-0.15, -0.1) is 11.3 Å². The minimum absolute atomic E-state index is 0.140. The van der Waals surface area contributed by atoms with Crippen molar-refractivity contribution in [3.63, 3.8) is 0 Å². The lowest BCUT2D eigenvalue weighted by Gasteiger charge is -2.24. The fourth-order valence-electron chi connectivity index (χ4n) is 2.78. The Morgan fingerprint density at radius 2 is 2.00 bits per heavy atom. The Hall–Kier alpha value is -1.73. The molecule has 1 unspecified atom stereocenters. The largest absolute Gasteiger partial charge is 0.497 e. The average molecular weight is 339 g/mol. The van der Waals surface area contributed by atoms with Crippen molar-refractivity contribution in [2.75, 3.05) is 18.5 Å². The third-order valence-electron chi connectivity index (χ3n) is 3.75. The number of fused-ring (bicyclic) bond motifs is 1. The number of hydrogen-bond donors (Lipinski definition) is 0. The van der Waals surface area contributed by atoms with Gasteiger partial charge in [0, 0.05) is 6.04 Å². The van der Waals surface area contributed by atoms with Gasteiger partial charge in [-0.3, -0.25) is 4.31 Å². The molecule has 0 N–H and O–H groups in total. The zero-order chi connectivity index (χ0) is 15.9. The van der Waals surface area contributed by atoms with E-state index in [0.717, 1.165) is 11.3 Å². The molecule has 7 heteroatoms. The maximum Gasteiger partial charge on any atom is 0.277 e. The smallest absolute Gasteiger partial charge is 0.277 e. The summed E-state index contributed by atoms with van der Waals surface area (Å²) in [4.78, 5) is 0. The lowest BCUT2D eigenvalue weighted by atomic mass is 10.1. The Bertz CT molecular complexity index is 798. The standard InChI is InChI=1S/C15H17NO4S2/c1-10-8-11-9-12(19-2)4-5-13(11)16(10)22(17,18)15-14(20-3)6-7-21-15/h4-7,9-10H,8H2,1-3H3. The molecule has 0 fully saturated rings. The van der Waals surface area contributed by atoms with Gasteiger partial charge in [-0.2, -0.15) is 0 Å². The van der Waals surface area contributed by atoms with Crippen LogP contribution < -0.4 is 13.8 Å². The first kappa shape index (κ1) is 15.2. The Kier molecular flexibility index (Phi) is 3.78. The van der Waals surface area contributed by atoms with E-state index in [1.165, 1.54) is 22.8 Å². The monoisotopic (exact) mass is 339 g/mol. The quantitative estimate of drug-likeness (QED) is 0.859. The van der Waals surface area contributed by atoms with Gasteiger partial charge in [0.2, 0.25) is 0 Å². The van der Waals surface area contributed by atoms with E-state index in [0.29, 0.717) is 17.9 Å². The van der Waals surface area contributed by atoms with Crippen LogP contribution in [-0.4, -0.2) is 28.7 Å². The van der Waals surface area contributed by atoms with E-state index < -0.39 is 10.0 Å². The summed E-state index contributed by atoms with van der Waals surface area (Å²) in [6, 6.07) is 7.01. The van der Waals surface area contributed by atoms with Gasteiger partial charge in [0.05, 0.1) is 19.9 Å². The van der Waals surface area contributed by atoms with E-state index in [9.17, 15) is 8.42 Å². The highest BCUT2D eigenvalue weighted by atomic mass is 32.2. The van der Waals surface area contributed by atoms with Gasteiger partial charge in [-0.05, 0) is 48.6 Å². The SMILES string of the molecule is COc1ccc2c(c1)CC(C)N2S(=O)(=O)c1sccc1OC. The van der Waals surface area contributed by atoms with Gasteiger partial charge in [-0.1, -0.05) is 0 Å². The van der Waals surface area contributed by atoms with Crippen molar-refractivity contribution in [2.45, 2.75) is 23.6 Å². The predicted molar refractivity (Wildman–Crippen MR) is 86.7 cm³/mol. The third kappa shape index (κ3) is 2.24. The summed E-state index contributed by atoms with van der Waals surface area (Å²) in [5.74, 6) is 1.12. The first-order valence-electron chi connectivity index (χ1n) is 6.82. The minimum atomic E-state index is -3.63. The zero-order valence-corrected chi connectivity index (χ0v) is 14.2. The van der Waals surface area contributed by atoms with Crippen molar-refractivity contribution in [3.05, 3.63) is 35.2 Å². The first-order chi connectivity index (χ1) is 10.5. The Morgan fingerprint density at radius 1 is 1.23 bits per heavy atom. The number of rotatable bonds is 4. The number of anilines is 1. The number of ether oxygens (including phenoxy) is 2. The normalized spacial score (nSPS) is 17.4. The van der Waals surface area contributed by atoms with Gasteiger partial charge in [0.25, 0.3) is 10.0 Å². The average Bonchev–Trinajstić information content (AvgIpc) is 3.09. The number of methoxy groups -OCH3 is 2. The summed E-state index contributed by atoms with van der Waals surface area (Å²) in [6.45, 7) is 1.91. The Balaban J connectivity index is 2.10. The highest BCUT2D eigenvalue weighted by Crippen LogP contribution is 2.41. The molecule has 0 spiro atoms. The van der Waals surface area contributed by atoms with Crippen LogP contribution >= 0.6 is 11.3 Å². The molecule has 0 saturated heterocycles. The van der Waals surface area contributed by atoms with Crippen LogP contribution in [0.15, 0.2) is 33.9 Å². The summed E-state index contributed by atoms with van der Waals surface area (Å²) in [5, 5.41) is 1.72. The van der Waals surface area contributed by atoms with Crippen LogP contribution in [0.5, 0.6) is 11.5 Å². The molecule has 1 aliphatic rings. The summed E-state index contributed by atoms with van der Waals surface area (Å²) >= 11 is 1.17. The van der Waals surface area contributed by atoms with Crippen molar-refractivity contribution >= 4 is 27.0 Å². The van der Waals surface area contributed by atoms with Crippen LogP contribution in [0, 0.1) is 0 Å². The topological polar surface area (TPSA) is 55.8 Å². The molecule has 0 radical (unpaired) electrons. The maximum absolute atomic E-state index is 13.0. The second-order valence-corrected chi connectivity index (χ2v) is 8.05. The Labute approximate surface area is 134 Å². The van der Waals surface area contributed by atoms with E-state index in [1.54, 1.807) is 30.7 Å². The number of thiophene rings is 1. The summed E-state index contributed by atoms with van der Waals surface area (Å²) in [6.07, 6.45) is 0.666. The van der Waals surface area contributed by atoms with Crippen LogP contribution in [0.1, 0.15) is 12.5 Å². The molecular formula is C15H17NO4S2. The fourth-order valence-corrected chi connectivity index (χ4v) is 5.83. The molecule has 0 bridgehead atoms. The molecule has 0 aliphatic carbocycles. The predicted octanol–water partition coefficient (Wildman–Crippen LogP) is 2.91. The lowest BCUT2D eigenvalue weighted by Crippen LogP contribution is -2.35. The van der Waals surface area contributed by atoms with Crippen molar-refractivity contribution < 1.29 is 17.9 Å². The van der Waals surface area contributed by atoms with Crippen LogP contribution in [-0.2, 0) is 16.4 Å². The van der Waals surface area contributed by atoms with Crippen LogP contribution in [0.3, 0.4) is 0 Å². The summed E-state index contributed by atoms with van der Waals surface area (Å²) in [5.41, 5.74) is 1.69. The molecule has 3 rings (SSSR count). The molecule has 1 aromatic carbocycles. The molecule has 2 aromatic rings. The van der Waals surface area contributed by atoms with Gasteiger partial charge in [0.1, 0.15) is 11.5 Å². The van der Waals surface area contributed by atoms with Crippen molar-refractivity contribution in [2.24, 2.45) is 0 Å². The number of benzene rings is 1. The molecule has 1 aromatic heterocycles. The van der Waals surface area contributed by atoms with Crippen LogP contribution in [0.2, 0.25) is 0 Å². The molecular weight excluding hydrogens is 322 g/mol. The van der Waals surface area contributed by atoms with Gasteiger partial charge in [0.15, 0.2) is 4.21 Å². The number of sulfonamides is 1. The maximum atomic E-state index is 13.0. The Morgan fingerprint density at radius 3 is 2.68 bits per heavy atom. The molecule has 1 atom stereocenters. The summed E-state index contributed by atoms with van der Waals surface area (Å²) in [7, 11) is -0.552. The van der Waals surface area contributed by atoms with Crippen molar-refractivity contribution in [3.8, 4) is 11.5 Å². The van der Waals surface area contributed by atoms with Crippen LogP contribution in [0.25, 0.3) is 0 Å². The molecule has 1 aliphatic heterocycles. The third-order valence-corrected chi connectivity index (χ3v) is 7.10. The number of nitrogens with zero attached hydrogens (tertiary/aromatic N) is 1. The highest BCUT2D eigenvalue weighted by molar-refractivity contribution is 7.95. The van der Waals surface area contributed by atoms with Crippen molar-refractivity contribution in [1.29, 1.82) is 0 Å². The van der Waals surface area contributed by atoms with E-state index in [4.69, 9.17) is 9.47 Å². The first-order valence-corrected chi connectivity index (χ1v) is 9.14. The second kappa shape index (κ2) is 5.48. The van der Waals surface area contributed by atoms with E-state index in [2.05, 4.69) is 0 Å². The number of hydrogen-bond acceptors (Lipinski definition) is 5. The molecule has 118 valence electrons. The second-order valence-electron chi connectivity index (χ2n) is 5.13. The lowest BCUT2D eigenvalue weighted by molar-refractivity contribution is 0.406. The van der Waals surface area contributed by atoms with E-state index >= 15 is 0 Å². The minimum Gasteiger partial charge on any atom is -0.497 e. The van der Waals surface area contributed by atoms with Gasteiger partial charge >= 0.3 is 0 Å². The van der Waals surface area contributed by atoms with E-state index in [-0.39, 0.29) is 10.3 Å². The zero-order valence-electron chi connectivity index (χ0n) is 12.6. The molecule has 5 nitrogen and oxygen atoms in total. The van der Waals surface area contributed by atoms with E-state index in [1.807, 2.05) is 13.0 Å². The fraction of sp³-hybridized carbons (Fsp3) is 0.333. The molecule has 0 saturated carbocycles. The summed E-state index contributed by atoms with van der Waals surface area (Å²) < 4.78 is 38.2. The molecule has 22 heavy (non-hydrogen) atoms. The molecule has 2 heterocycles. The highest BCUT2D eigenvalue weighted by Gasteiger charge is 2.38.